The number of halogens is 1. The summed E-state index contributed by atoms with van der Waals surface area (Å²) in [6.45, 7) is 2.93. The largest absolute Gasteiger partial charge is 0.483 e. The van der Waals surface area contributed by atoms with Gasteiger partial charge in [-0.25, -0.2) is 0 Å². The molecule has 3 fully saturated rings. The van der Waals surface area contributed by atoms with Gasteiger partial charge in [0.05, 0.1) is 5.39 Å². The van der Waals surface area contributed by atoms with Crippen LogP contribution < -0.4 is 5.32 Å². The highest BCUT2D eigenvalue weighted by Gasteiger charge is 2.35. The Balaban J connectivity index is 0.000000526. The van der Waals surface area contributed by atoms with Gasteiger partial charge < -0.3 is 15.3 Å². The number of nitrogens with one attached hydrogen (secondary N) is 2. The second kappa shape index (κ2) is 6.91. The maximum absolute atomic E-state index is 13.1. The van der Waals surface area contributed by atoms with Gasteiger partial charge in [0.2, 0.25) is 5.95 Å². The zero-order valence-corrected chi connectivity index (χ0v) is 12.9. The van der Waals surface area contributed by atoms with Crippen LogP contribution in [0.15, 0.2) is 12.1 Å². The van der Waals surface area contributed by atoms with Crippen LogP contribution in [0.2, 0.25) is 0 Å². The zero-order valence-electron chi connectivity index (χ0n) is 12.9. The fraction of sp³-hybridized carbons (Fsp3) is 0.467. The molecule has 0 saturated carbocycles. The van der Waals surface area contributed by atoms with E-state index in [4.69, 9.17) is 9.90 Å². The number of hydrogen-bond donors (Lipinski definition) is 3. The monoisotopic (exact) mass is 335 g/mol. The van der Waals surface area contributed by atoms with Crippen molar-refractivity contribution in [2.45, 2.75) is 18.9 Å². The summed E-state index contributed by atoms with van der Waals surface area (Å²) in [7, 11) is 0. The molecule has 3 N–H and O–H groups in total. The molecule has 0 radical (unpaired) electrons. The number of aromatic nitrogens is 3. The van der Waals surface area contributed by atoms with Gasteiger partial charge in [0.1, 0.15) is 5.69 Å². The Bertz CT molecular complexity index is 742. The number of amides is 1. The lowest BCUT2D eigenvalue weighted by Gasteiger charge is -2.44. The summed E-state index contributed by atoms with van der Waals surface area (Å²) >= 11 is 0. The molecular weight excluding hydrogens is 317 g/mol. The number of nitrogens with zero attached hydrogens (tertiary/aromatic N) is 3. The zero-order chi connectivity index (χ0) is 17.1. The molecule has 1 amide bonds. The lowest BCUT2D eigenvalue weighted by atomic mass is 9.84. The van der Waals surface area contributed by atoms with Gasteiger partial charge in [-0.1, -0.05) is 0 Å². The molecule has 1 atom stereocenters. The number of hydrogen-bond acceptors (Lipinski definition) is 5. The van der Waals surface area contributed by atoms with Crippen LogP contribution in [0.3, 0.4) is 0 Å². The van der Waals surface area contributed by atoms with Gasteiger partial charge in [-0.3, -0.25) is 14.7 Å². The third-order valence-electron chi connectivity index (χ3n) is 4.58. The molecule has 5 heterocycles. The smallest absolute Gasteiger partial charge is 0.290 e. The molecule has 24 heavy (non-hydrogen) atoms. The predicted octanol–water partition coefficient (Wildman–Crippen LogP) is 0.622. The topological polar surface area (TPSA) is 111 Å². The lowest BCUT2D eigenvalue weighted by molar-refractivity contribution is -0.122. The number of pyridine rings is 1. The van der Waals surface area contributed by atoms with E-state index in [2.05, 4.69) is 25.4 Å². The second-order valence-corrected chi connectivity index (χ2v) is 5.93. The summed E-state index contributed by atoms with van der Waals surface area (Å²) in [5.74, 6) is -0.230. The first-order chi connectivity index (χ1) is 11.6. The van der Waals surface area contributed by atoms with E-state index >= 15 is 0 Å². The van der Waals surface area contributed by atoms with Gasteiger partial charge >= 0.3 is 0 Å². The van der Waals surface area contributed by atoms with Crippen molar-refractivity contribution < 1.29 is 19.1 Å². The van der Waals surface area contributed by atoms with Gasteiger partial charge in [0.25, 0.3) is 12.4 Å². The Morgan fingerprint density at radius 3 is 2.75 bits per heavy atom. The molecule has 3 aliphatic heterocycles. The van der Waals surface area contributed by atoms with E-state index in [0.717, 1.165) is 32.5 Å². The number of aromatic amines is 1. The first-order valence-electron chi connectivity index (χ1n) is 7.74. The minimum Gasteiger partial charge on any atom is -0.483 e. The van der Waals surface area contributed by atoms with E-state index in [1.54, 1.807) is 0 Å². The molecule has 9 heteroatoms. The van der Waals surface area contributed by atoms with Crippen LogP contribution in [-0.4, -0.2) is 63.2 Å². The third-order valence-corrected chi connectivity index (χ3v) is 4.58. The molecule has 0 aromatic carbocycles. The molecular formula is C15H18FN5O3. The van der Waals surface area contributed by atoms with E-state index in [-0.39, 0.29) is 24.1 Å². The number of carboxylic acid groups (broad SMARTS) is 1. The standard InChI is InChI=1S/C14H16FN5O.CH2O2/c15-11-2-1-9-12(18-19-13(9)17-11)14(21)16-10-7-20-5-3-8(10)4-6-20;2-1-3/h1-2,8,10H,3-7H2,(H,16,21)(H,17,18,19);1H,(H,2,3)/t10-;/m1./s1. The highest BCUT2D eigenvalue weighted by molar-refractivity contribution is 6.03. The predicted molar refractivity (Wildman–Crippen MR) is 83.0 cm³/mol. The van der Waals surface area contributed by atoms with Crippen LogP contribution in [0.5, 0.6) is 0 Å². The van der Waals surface area contributed by atoms with E-state index < -0.39 is 5.95 Å². The average Bonchev–Trinajstić information content (AvgIpc) is 2.99. The molecule has 3 saturated heterocycles. The summed E-state index contributed by atoms with van der Waals surface area (Å²) < 4.78 is 13.1. The van der Waals surface area contributed by atoms with Gasteiger partial charge in [0, 0.05) is 12.6 Å². The van der Waals surface area contributed by atoms with Crippen molar-refractivity contribution in [3.05, 3.63) is 23.8 Å². The number of fused-ring (bicyclic) bond motifs is 4. The highest BCUT2D eigenvalue weighted by Crippen LogP contribution is 2.27. The maximum atomic E-state index is 13.1. The highest BCUT2D eigenvalue weighted by atomic mass is 19.1. The normalized spacial score (nSPS) is 25.0. The van der Waals surface area contributed by atoms with Crippen LogP contribution in [0.4, 0.5) is 4.39 Å². The van der Waals surface area contributed by atoms with E-state index in [0.29, 0.717) is 17.0 Å². The number of carbonyl (C=O) groups excluding carboxylic acids is 1. The van der Waals surface area contributed by atoms with Crippen molar-refractivity contribution in [2.75, 3.05) is 19.6 Å². The first-order valence-corrected chi connectivity index (χ1v) is 7.74. The molecule has 128 valence electrons. The third kappa shape index (κ3) is 3.21. The molecule has 0 unspecified atom stereocenters. The number of rotatable bonds is 2. The van der Waals surface area contributed by atoms with Crippen LogP contribution in [-0.2, 0) is 4.79 Å². The molecule has 0 aliphatic carbocycles. The van der Waals surface area contributed by atoms with Crippen molar-refractivity contribution in [1.82, 2.24) is 25.4 Å². The Kier molecular flexibility index (Phi) is 4.70. The minimum absolute atomic E-state index is 0.187. The minimum atomic E-state index is -0.599. The quantitative estimate of drug-likeness (QED) is 0.548. The number of piperidine rings is 3. The molecule has 8 nitrogen and oxygen atoms in total. The molecule has 0 spiro atoms. The van der Waals surface area contributed by atoms with Crippen molar-refractivity contribution >= 4 is 23.4 Å². The SMILES string of the molecule is O=C(N[C@@H]1CN2CCC1CC2)c1[nH]nc2nc(F)ccc12.O=CO. The van der Waals surface area contributed by atoms with E-state index in [9.17, 15) is 9.18 Å². The Morgan fingerprint density at radius 1 is 1.42 bits per heavy atom. The molecule has 3 aliphatic rings. The Labute approximate surface area is 137 Å². The van der Waals surface area contributed by atoms with E-state index in [1.165, 1.54) is 12.1 Å². The Hall–Kier alpha value is -2.55. The first kappa shape index (κ1) is 16.3. The molecule has 5 rings (SSSR count). The summed E-state index contributed by atoms with van der Waals surface area (Å²) in [5.41, 5.74) is 0.586. The van der Waals surface area contributed by atoms with Crippen molar-refractivity contribution in [2.24, 2.45) is 5.92 Å². The van der Waals surface area contributed by atoms with Crippen LogP contribution in [0.25, 0.3) is 11.0 Å². The van der Waals surface area contributed by atoms with Gasteiger partial charge in [-0.05, 0) is 44.0 Å². The van der Waals surface area contributed by atoms with Gasteiger partial charge in [-0.2, -0.15) is 14.5 Å². The molecule has 2 aromatic rings. The summed E-state index contributed by atoms with van der Waals surface area (Å²) in [6, 6.07) is 2.96. The maximum Gasteiger partial charge on any atom is 0.290 e. The van der Waals surface area contributed by atoms with E-state index in [1.807, 2.05) is 0 Å². The fourth-order valence-corrected chi connectivity index (χ4v) is 3.42. The summed E-state index contributed by atoms with van der Waals surface area (Å²) in [4.78, 5) is 26.8. The van der Waals surface area contributed by atoms with Crippen molar-refractivity contribution in [3.63, 3.8) is 0 Å². The molecule has 2 bridgehead atoms. The van der Waals surface area contributed by atoms with Crippen LogP contribution >= 0.6 is 0 Å². The van der Waals surface area contributed by atoms with Crippen LogP contribution in [0.1, 0.15) is 23.3 Å². The van der Waals surface area contributed by atoms with Crippen molar-refractivity contribution in [3.8, 4) is 0 Å². The number of H-pyrrole nitrogens is 1. The second-order valence-electron chi connectivity index (χ2n) is 5.93. The van der Waals surface area contributed by atoms with Crippen molar-refractivity contribution in [1.29, 1.82) is 0 Å². The average molecular weight is 335 g/mol. The van der Waals surface area contributed by atoms with Gasteiger partial charge in [-0.15, -0.1) is 0 Å². The number of carbonyl (C=O) groups is 2. The van der Waals surface area contributed by atoms with Gasteiger partial charge in [0.15, 0.2) is 5.65 Å². The lowest BCUT2D eigenvalue weighted by Crippen LogP contribution is -2.57. The summed E-state index contributed by atoms with van der Waals surface area (Å²) in [5, 5.41) is 17.1. The summed E-state index contributed by atoms with van der Waals surface area (Å²) in [6.07, 6.45) is 2.28. The molecule has 2 aromatic heterocycles. The fourth-order valence-electron chi connectivity index (χ4n) is 3.42. The van der Waals surface area contributed by atoms with Crippen LogP contribution in [0, 0.1) is 11.9 Å². The Morgan fingerprint density at radius 2 is 2.12 bits per heavy atom.